The number of hydrogen-bond donors (Lipinski definition) is 0. The second kappa shape index (κ2) is 8.70. The lowest BCUT2D eigenvalue weighted by Gasteiger charge is -2.36. The molecule has 0 saturated carbocycles. The van der Waals surface area contributed by atoms with Gasteiger partial charge >= 0.3 is 0 Å². The molecule has 0 bridgehead atoms. The Kier molecular flexibility index (Phi) is 6.00. The van der Waals surface area contributed by atoms with E-state index in [-0.39, 0.29) is 30.6 Å². The highest BCUT2D eigenvalue weighted by Crippen LogP contribution is 2.31. The van der Waals surface area contributed by atoms with Gasteiger partial charge in [-0.05, 0) is 26.0 Å². The van der Waals surface area contributed by atoms with Gasteiger partial charge in [0.2, 0.25) is 17.7 Å². The van der Waals surface area contributed by atoms with Crippen LogP contribution in [0.5, 0.6) is 0 Å². The maximum absolute atomic E-state index is 13.0. The fourth-order valence-corrected chi connectivity index (χ4v) is 4.47. The molecule has 0 spiro atoms. The number of hydrogen-bond acceptors (Lipinski definition) is 5. The summed E-state index contributed by atoms with van der Waals surface area (Å²) in [6.07, 6.45) is 0.425. The molecule has 2 fully saturated rings. The largest absolute Gasteiger partial charge is 0.361 e. The highest BCUT2D eigenvalue weighted by molar-refractivity contribution is 6.33. The second-order valence-corrected chi connectivity index (χ2v) is 8.45. The molecule has 2 aliphatic heterocycles. The van der Waals surface area contributed by atoms with E-state index in [0.29, 0.717) is 49.2 Å². The van der Waals surface area contributed by atoms with Crippen LogP contribution in [0.15, 0.2) is 28.8 Å². The van der Waals surface area contributed by atoms with Crippen molar-refractivity contribution in [3.05, 3.63) is 46.3 Å². The molecule has 4 rings (SSSR count). The third-order valence-corrected chi connectivity index (χ3v) is 6.39. The first-order chi connectivity index (χ1) is 14.8. The zero-order chi connectivity index (χ0) is 22.1. The molecular weight excluding hydrogens is 420 g/mol. The lowest BCUT2D eigenvalue weighted by Crippen LogP contribution is -2.52. The van der Waals surface area contributed by atoms with Gasteiger partial charge < -0.3 is 19.2 Å². The predicted octanol–water partition coefficient (Wildman–Crippen LogP) is 2.21. The molecule has 0 aliphatic carbocycles. The normalized spacial score (nSPS) is 19.3. The SMILES string of the molecule is Cc1noc(C)c1CC(=O)N1CCN(C(=O)C2CC(=O)N(c3ccccc3Cl)C2)CC1. The number of halogens is 1. The van der Waals surface area contributed by atoms with E-state index in [1.807, 2.05) is 19.1 Å². The molecule has 3 amide bonds. The van der Waals surface area contributed by atoms with E-state index in [4.69, 9.17) is 16.1 Å². The van der Waals surface area contributed by atoms with E-state index in [1.54, 1.807) is 33.8 Å². The number of para-hydroxylation sites is 1. The molecule has 0 radical (unpaired) electrons. The summed E-state index contributed by atoms with van der Waals surface area (Å²) < 4.78 is 5.13. The first kappa shape index (κ1) is 21.4. The fraction of sp³-hybridized carbons (Fsp3) is 0.455. The molecule has 2 aliphatic rings. The number of carbonyl (C=O) groups is 3. The Morgan fingerprint density at radius 3 is 2.45 bits per heavy atom. The minimum atomic E-state index is -0.395. The van der Waals surface area contributed by atoms with Gasteiger partial charge in [0.05, 0.1) is 28.7 Å². The maximum Gasteiger partial charge on any atom is 0.228 e. The van der Waals surface area contributed by atoms with E-state index in [9.17, 15) is 14.4 Å². The second-order valence-electron chi connectivity index (χ2n) is 8.04. The van der Waals surface area contributed by atoms with Crippen molar-refractivity contribution in [1.82, 2.24) is 15.0 Å². The van der Waals surface area contributed by atoms with Crippen LogP contribution in [0, 0.1) is 19.8 Å². The van der Waals surface area contributed by atoms with Gasteiger partial charge in [-0.3, -0.25) is 14.4 Å². The van der Waals surface area contributed by atoms with Crippen LogP contribution in [0.25, 0.3) is 0 Å². The molecule has 164 valence electrons. The maximum atomic E-state index is 13.0. The van der Waals surface area contributed by atoms with Crippen LogP contribution in [0.1, 0.15) is 23.4 Å². The summed E-state index contributed by atoms with van der Waals surface area (Å²) in [7, 11) is 0. The van der Waals surface area contributed by atoms with Gasteiger partial charge in [-0.2, -0.15) is 0 Å². The predicted molar refractivity (Wildman–Crippen MR) is 115 cm³/mol. The number of aryl methyl sites for hydroxylation is 2. The molecule has 9 heteroatoms. The molecule has 31 heavy (non-hydrogen) atoms. The van der Waals surface area contributed by atoms with E-state index in [1.165, 1.54) is 0 Å². The van der Waals surface area contributed by atoms with Crippen molar-refractivity contribution in [3.63, 3.8) is 0 Å². The number of carbonyl (C=O) groups excluding carboxylic acids is 3. The summed E-state index contributed by atoms with van der Waals surface area (Å²) >= 11 is 6.22. The Morgan fingerprint density at radius 2 is 1.81 bits per heavy atom. The smallest absolute Gasteiger partial charge is 0.228 e. The lowest BCUT2D eigenvalue weighted by atomic mass is 10.1. The topological polar surface area (TPSA) is 87.0 Å². The summed E-state index contributed by atoms with van der Waals surface area (Å²) in [4.78, 5) is 43.3. The Bertz CT molecular complexity index is 993. The Morgan fingerprint density at radius 1 is 1.13 bits per heavy atom. The Balaban J connectivity index is 1.33. The van der Waals surface area contributed by atoms with Crippen LogP contribution in [0.2, 0.25) is 5.02 Å². The third kappa shape index (κ3) is 4.30. The van der Waals surface area contributed by atoms with Crippen LogP contribution in [-0.4, -0.2) is 65.4 Å². The molecule has 2 saturated heterocycles. The summed E-state index contributed by atoms with van der Waals surface area (Å²) in [6.45, 7) is 5.82. The monoisotopic (exact) mass is 444 g/mol. The molecule has 2 aromatic rings. The van der Waals surface area contributed by atoms with E-state index < -0.39 is 5.92 Å². The van der Waals surface area contributed by atoms with Crippen molar-refractivity contribution >= 4 is 35.0 Å². The quantitative estimate of drug-likeness (QED) is 0.721. The standard InChI is InChI=1S/C22H25ClN4O4/c1-14-17(15(2)31-24-14)12-20(28)25-7-9-26(10-8-25)22(30)16-11-21(29)27(13-16)19-6-4-3-5-18(19)23/h3-6,16H,7-13H2,1-2H3. The molecule has 1 aromatic carbocycles. The van der Waals surface area contributed by atoms with Crippen LogP contribution < -0.4 is 4.90 Å². The average Bonchev–Trinajstić information content (AvgIpc) is 3.30. The van der Waals surface area contributed by atoms with E-state index >= 15 is 0 Å². The van der Waals surface area contributed by atoms with Gasteiger partial charge in [-0.1, -0.05) is 28.9 Å². The number of anilines is 1. The van der Waals surface area contributed by atoms with Crippen molar-refractivity contribution in [2.75, 3.05) is 37.6 Å². The van der Waals surface area contributed by atoms with Crippen molar-refractivity contribution in [2.24, 2.45) is 5.92 Å². The van der Waals surface area contributed by atoms with Gasteiger partial charge in [0.15, 0.2) is 0 Å². The van der Waals surface area contributed by atoms with Crippen LogP contribution in [-0.2, 0) is 20.8 Å². The minimum absolute atomic E-state index is 0.00226. The Labute approximate surface area is 185 Å². The lowest BCUT2D eigenvalue weighted by molar-refractivity contribution is -0.141. The number of benzene rings is 1. The summed E-state index contributed by atoms with van der Waals surface area (Å²) in [5.41, 5.74) is 2.19. The van der Waals surface area contributed by atoms with Gasteiger partial charge in [0.1, 0.15) is 5.76 Å². The third-order valence-electron chi connectivity index (χ3n) is 6.07. The number of piperazine rings is 1. The zero-order valence-corrected chi connectivity index (χ0v) is 18.4. The number of nitrogens with zero attached hydrogens (tertiary/aromatic N) is 4. The number of rotatable bonds is 4. The average molecular weight is 445 g/mol. The highest BCUT2D eigenvalue weighted by Gasteiger charge is 2.38. The van der Waals surface area contributed by atoms with Gasteiger partial charge in [0.25, 0.3) is 0 Å². The van der Waals surface area contributed by atoms with Crippen molar-refractivity contribution in [3.8, 4) is 0 Å². The van der Waals surface area contributed by atoms with Crippen molar-refractivity contribution in [2.45, 2.75) is 26.7 Å². The van der Waals surface area contributed by atoms with Crippen LogP contribution in [0.3, 0.4) is 0 Å². The van der Waals surface area contributed by atoms with Gasteiger partial charge in [0, 0.05) is 44.7 Å². The van der Waals surface area contributed by atoms with Crippen LogP contribution >= 0.6 is 11.6 Å². The minimum Gasteiger partial charge on any atom is -0.361 e. The number of amides is 3. The zero-order valence-electron chi connectivity index (χ0n) is 17.6. The summed E-state index contributed by atoms with van der Waals surface area (Å²) in [6, 6.07) is 7.15. The van der Waals surface area contributed by atoms with Crippen LogP contribution in [0.4, 0.5) is 5.69 Å². The molecule has 1 aromatic heterocycles. The molecular formula is C22H25ClN4O4. The fourth-order valence-electron chi connectivity index (χ4n) is 4.23. The molecule has 8 nitrogen and oxygen atoms in total. The van der Waals surface area contributed by atoms with Gasteiger partial charge in [-0.15, -0.1) is 0 Å². The van der Waals surface area contributed by atoms with E-state index in [2.05, 4.69) is 5.16 Å². The molecule has 3 heterocycles. The first-order valence-electron chi connectivity index (χ1n) is 10.4. The molecule has 0 N–H and O–H groups in total. The Hall–Kier alpha value is -2.87. The summed E-state index contributed by atoms with van der Waals surface area (Å²) in [5, 5.41) is 4.39. The van der Waals surface area contributed by atoms with Gasteiger partial charge in [-0.25, -0.2) is 0 Å². The highest BCUT2D eigenvalue weighted by atomic mass is 35.5. The van der Waals surface area contributed by atoms with E-state index in [0.717, 1.165) is 11.3 Å². The van der Waals surface area contributed by atoms with Crippen molar-refractivity contribution < 1.29 is 18.9 Å². The van der Waals surface area contributed by atoms with Crippen molar-refractivity contribution in [1.29, 1.82) is 0 Å². The number of aromatic nitrogens is 1. The first-order valence-corrected chi connectivity index (χ1v) is 10.8. The molecule has 1 atom stereocenters. The summed E-state index contributed by atoms with van der Waals surface area (Å²) in [5.74, 6) is 0.129. The molecule has 1 unspecified atom stereocenters.